The van der Waals surface area contributed by atoms with Crippen LogP contribution < -0.4 is 0 Å². The first kappa shape index (κ1) is 16.1. The molecule has 118 valence electrons. The van der Waals surface area contributed by atoms with E-state index in [-0.39, 0.29) is 18.2 Å². The molecule has 0 fully saturated rings. The maximum absolute atomic E-state index is 10.7. The van der Waals surface area contributed by atoms with Gasteiger partial charge in [0, 0.05) is 18.1 Å². The summed E-state index contributed by atoms with van der Waals surface area (Å²) < 4.78 is 1.78. The molecule has 0 aliphatic heterocycles. The summed E-state index contributed by atoms with van der Waals surface area (Å²) in [5.41, 5.74) is 2.53. The van der Waals surface area contributed by atoms with Gasteiger partial charge in [-0.1, -0.05) is 31.2 Å². The standard InChI is InChI=1S/C15H20N4O3/c1-3-12(4-2)15-14(10-20)16-17-18(15)9-11-5-7-13(8-6-11)19(21)22/h5-8,12,20H,3-4,9-10H2,1-2H3. The first-order valence-electron chi connectivity index (χ1n) is 7.37. The van der Waals surface area contributed by atoms with Crippen molar-refractivity contribution in [3.8, 4) is 0 Å². The summed E-state index contributed by atoms with van der Waals surface area (Å²) in [4.78, 5) is 10.3. The zero-order valence-electron chi connectivity index (χ0n) is 12.8. The number of hydrogen-bond donors (Lipinski definition) is 1. The van der Waals surface area contributed by atoms with Crippen molar-refractivity contribution >= 4 is 5.69 Å². The highest BCUT2D eigenvalue weighted by molar-refractivity contribution is 5.33. The van der Waals surface area contributed by atoms with Crippen LogP contribution in [0.25, 0.3) is 0 Å². The van der Waals surface area contributed by atoms with Crippen molar-refractivity contribution in [2.45, 2.75) is 45.8 Å². The van der Waals surface area contributed by atoms with Crippen LogP contribution in [0.3, 0.4) is 0 Å². The number of aliphatic hydroxyl groups is 1. The van der Waals surface area contributed by atoms with Crippen LogP contribution in [0.4, 0.5) is 5.69 Å². The Morgan fingerprint density at radius 3 is 2.41 bits per heavy atom. The molecule has 1 aromatic carbocycles. The highest BCUT2D eigenvalue weighted by Crippen LogP contribution is 2.26. The van der Waals surface area contributed by atoms with E-state index in [4.69, 9.17) is 0 Å². The second-order valence-electron chi connectivity index (χ2n) is 5.17. The van der Waals surface area contributed by atoms with Gasteiger partial charge in [0.15, 0.2) is 0 Å². The summed E-state index contributed by atoms with van der Waals surface area (Å²) in [5, 5.41) is 28.3. The van der Waals surface area contributed by atoms with Gasteiger partial charge in [-0.2, -0.15) is 0 Å². The second kappa shape index (κ2) is 7.13. The lowest BCUT2D eigenvalue weighted by molar-refractivity contribution is -0.384. The average molecular weight is 304 g/mol. The normalized spacial score (nSPS) is 11.1. The maximum atomic E-state index is 10.7. The fraction of sp³-hybridized carbons (Fsp3) is 0.467. The van der Waals surface area contributed by atoms with Crippen LogP contribution in [-0.4, -0.2) is 25.0 Å². The molecule has 2 aromatic rings. The number of aliphatic hydroxyl groups excluding tert-OH is 1. The summed E-state index contributed by atoms with van der Waals surface area (Å²) in [5.74, 6) is 0.287. The van der Waals surface area contributed by atoms with Gasteiger partial charge >= 0.3 is 0 Å². The highest BCUT2D eigenvalue weighted by Gasteiger charge is 2.19. The van der Waals surface area contributed by atoms with Gasteiger partial charge in [0.1, 0.15) is 5.69 Å². The molecule has 22 heavy (non-hydrogen) atoms. The lowest BCUT2D eigenvalue weighted by Crippen LogP contribution is -2.11. The molecule has 1 heterocycles. The Morgan fingerprint density at radius 2 is 1.91 bits per heavy atom. The monoisotopic (exact) mass is 304 g/mol. The number of rotatable bonds is 7. The third kappa shape index (κ3) is 3.30. The van der Waals surface area contributed by atoms with Crippen molar-refractivity contribution in [2.24, 2.45) is 0 Å². The molecule has 0 atom stereocenters. The van der Waals surface area contributed by atoms with E-state index in [0.29, 0.717) is 12.2 Å². The molecule has 0 aliphatic rings. The predicted molar refractivity (Wildman–Crippen MR) is 81.5 cm³/mol. The van der Waals surface area contributed by atoms with Crippen molar-refractivity contribution in [1.82, 2.24) is 15.0 Å². The Balaban J connectivity index is 2.29. The number of nitro benzene ring substituents is 1. The van der Waals surface area contributed by atoms with Crippen LogP contribution in [0.5, 0.6) is 0 Å². The van der Waals surface area contributed by atoms with E-state index in [0.717, 1.165) is 24.1 Å². The largest absolute Gasteiger partial charge is 0.390 e. The Labute approximate surface area is 128 Å². The SMILES string of the molecule is CCC(CC)c1c(CO)nnn1Cc1ccc([N+](=O)[O-])cc1. The van der Waals surface area contributed by atoms with E-state index >= 15 is 0 Å². The zero-order chi connectivity index (χ0) is 16.1. The van der Waals surface area contributed by atoms with E-state index in [1.165, 1.54) is 12.1 Å². The maximum Gasteiger partial charge on any atom is 0.269 e. The van der Waals surface area contributed by atoms with Gasteiger partial charge in [0.25, 0.3) is 5.69 Å². The van der Waals surface area contributed by atoms with Gasteiger partial charge in [-0.15, -0.1) is 5.10 Å². The van der Waals surface area contributed by atoms with Crippen molar-refractivity contribution < 1.29 is 10.0 Å². The van der Waals surface area contributed by atoms with Crippen LogP contribution in [0.15, 0.2) is 24.3 Å². The summed E-state index contributed by atoms with van der Waals surface area (Å²) in [6.45, 7) is 4.54. The first-order valence-corrected chi connectivity index (χ1v) is 7.37. The summed E-state index contributed by atoms with van der Waals surface area (Å²) >= 11 is 0. The quantitative estimate of drug-likeness (QED) is 0.627. The van der Waals surface area contributed by atoms with Crippen LogP contribution in [0, 0.1) is 10.1 Å². The topological polar surface area (TPSA) is 94.1 Å². The molecule has 0 unspecified atom stereocenters. The van der Waals surface area contributed by atoms with Crippen LogP contribution >= 0.6 is 0 Å². The predicted octanol–water partition coefficient (Wildman–Crippen LogP) is 2.63. The summed E-state index contributed by atoms with van der Waals surface area (Å²) in [7, 11) is 0. The Kier molecular flexibility index (Phi) is 5.21. The smallest absolute Gasteiger partial charge is 0.269 e. The number of nitrogens with zero attached hydrogens (tertiary/aromatic N) is 4. The summed E-state index contributed by atoms with van der Waals surface area (Å²) in [6.07, 6.45) is 1.88. The lowest BCUT2D eigenvalue weighted by Gasteiger charge is -2.15. The molecule has 1 aromatic heterocycles. The molecule has 0 bridgehead atoms. The number of non-ortho nitro benzene ring substituents is 1. The van der Waals surface area contributed by atoms with E-state index in [1.807, 2.05) is 0 Å². The minimum Gasteiger partial charge on any atom is -0.390 e. The van der Waals surface area contributed by atoms with Crippen molar-refractivity contribution in [3.63, 3.8) is 0 Å². The van der Waals surface area contributed by atoms with E-state index < -0.39 is 4.92 Å². The number of aromatic nitrogens is 3. The number of benzene rings is 1. The molecule has 2 rings (SSSR count). The minimum atomic E-state index is -0.418. The lowest BCUT2D eigenvalue weighted by atomic mass is 9.97. The second-order valence-corrected chi connectivity index (χ2v) is 5.17. The van der Waals surface area contributed by atoms with Crippen LogP contribution in [0.2, 0.25) is 0 Å². The molecule has 1 N–H and O–H groups in total. The fourth-order valence-corrected chi connectivity index (χ4v) is 2.60. The van der Waals surface area contributed by atoms with Gasteiger partial charge in [0.05, 0.1) is 23.8 Å². The Morgan fingerprint density at radius 1 is 1.27 bits per heavy atom. The van der Waals surface area contributed by atoms with Crippen LogP contribution in [-0.2, 0) is 13.2 Å². The Bertz CT molecular complexity index is 633. The zero-order valence-corrected chi connectivity index (χ0v) is 12.8. The fourth-order valence-electron chi connectivity index (χ4n) is 2.60. The molecule has 0 saturated heterocycles. The van der Waals surface area contributed by atoms with E-state index in [2.05, 4.69) is 24.2 Å². The van der Waals surface area contributed by atoms with Crippen molar-refractivity contribution in [2.75, 3.05) is 0 Å². The molecule has 0 saturated carbocycles. The van der Waals surface area contributed by atoms with E-state index in [9.17, 15) is 15.2 Å². The Hall–Kier alpha value is -2.28. The van der Waals surface area contributed by atoms with Gasteiger partial charge in [-0.05, 0) is 18.4 Å². The highest BCUT2D eigenvalue weighted by atomic mass is 16.6. The number of hydrogen-bond acceptors (Lipinski definition) is 5. The molecule has 7 nitrogen and oxygen atoms in total. The third-order valence-electron chi connectivity index (χ3n) is 3.85. The van der Waals surface area contributed by atoms with Gasteiger partial charge in [-0.25, -0.2) is 4.68 Å². The molecular formula is C15H20N4O3. The van der Waals surface area contributed by atoms with Crippen LogP contribution in [0.1, 0.15) is 49.6 Å². The van der Waals surface area contributed by atoms with Gasteiger partial charge in [0.2, 0.25) is 0 Å². The molecular weight excluding hydrogens is 284 g/mol. The van der Waals surface area contributed by atoms with Crippen molar-refractivity contribution in [3.05, 3.63) is 51.3 Å². The third-order valence-corrected chi connectivity index (χ3v) is 3.85. The van der Waals surface area contributed by atoms with Crippen molar-refractivity contribution in [1.29, 1.82) is 0 Å². The molecule has 0 amide bonds. The molecule has 0 spiro atoms. The molecule has 0 radical (unpaired) electrons. The number of nitro groups is 1. The van der Waals surface area contributed by atoms with E-state index in [1.54, 1.807) is 16.8 Å². The average Bonchev–Trinajstić information content (AvgIpc) is 2.92. The molecule has 0 aliphatic carbocycles. The van der Waals surface area contributed by atoms with Gasteiger partial charge < -0.3 is 5.11 Å². The molecule has 7 heteroatoms. The van der Waals surface area contributed by atoms with Gasteiger partial charge in [-0.3, -0.25) is 10.1 Å². The summed E-state index contributed by atoms with van der Waals surface area (Å²) in [6, 6.07) is 6.40. The first-order chi connectivity index (χ1) is 10.6. The minimum absolute atomic E-state index is 0.0682.